The van der Waals surface area contributed by atoms with Crippen molar-refractivity contribution in [3.05, 3.63) is 0 Å². The normalized spacial score (nSPS) is 11.9. The highest BCUT2D eigenvalue weighted by Crippen LogP contribution is 1.84. The summed E-state index contributed by atoms with van der Waals surface area (Å²) in [6.07, 6.45) is -1.33. The van der Waals surface area contributed by atoms with E-state index in [0.29, 0.717) is 13.2 Å². The van der Waals surface area contributed by atoms with Gasteiger partial charge in [0, 0.05) is 13.7 Å². The Morgan fingerprint density at radius 2 is 2.06 bits per heavy atom. The summed E-state index contributed by atoms with van der Waals surface area (Å²) in [4.78, 5) is 21.9. The van der Waals surface area contributed by atoms with Crippen molar-refractivity contribution in [1.29, 1.82) is 0 Å². The lowest BCUT2D eigenvalue weighted by atomic mass is 10.3. The molecule has 0 spiro atoms. The molecule has 0 bridgehead atoms. The van der Waals surface area contributed by atoms with Gasteiger partial charge in [-0.05, 0) is 0 Å². The highest BCUT2D eigenvalue weighted by atomic mass is 16.5. The molecule has 0 fully saturated rings. The molecular formula is C9H18N2O5. The summed E-state index contributed by atoms with van der Waals surface area (Å²) in [6, 6.07) is 0. The molecule has 0 aliphatic heterocycles. The SMILES string of the molecule is COCCNCC(=O)NCC(O)C(=O)OC. The van der Waals surface area contributed by atoms with Crippen molar-refractivity contribution in [2.75, 3.05) is 40.5 Å². The lowest BCUT2D eigenvalue weighted by Gasteiger charge is -2.10. The van der Waals surface area contributed by atoms with E-state index in [0.717, 1.165) is 0 Å². The molecule has 0 saturated carbocycles. The smallest absolute Gasteiger partial charge is 0.336 e. The molecule has 0 aliphatic rings. The van der Waals surface area contributed by atoms with Crippen molar-refractivity contribution in [3.8, 4) is 0 Å². The van der Waals surface area contributed by atoms with E-state index in [-0.39, 0.29) is 19.0 Å². The molecule has 0 aromatic rings. The molecular weight excluding hydrogens is 216 g/mol. The number of aliphatic hydroxyl groups is 1. The first kappa shape index (κ1) is 14.8. The van der Waals surface area contributed by atoms with Crippen molar-refractivity contribution in [2.24, 2.45) is 0 Å². The number of carbonyl (C=O) groups excluding carboxylic acids is 2. The Morgan fingerprint density at radius 1 is 1.38 bits per heavy atom. The molecule has 1 amide bonds. The molecule has 94 valence electrons. The van der Waals surface area contributed by atoms with Crippen LogP contribution in [-0.4, -0.2) is 63.5 Å². The van der Waals surface area contributed by atoms with Crippen molar-refractivity contribution < 1.29 is 24.2 Å². The minimum atomic E-state index is -1.33. The minimum Gasteiger partial charge on any atom is -0.467 e. The monoisotopic (exact) mass is 234 g/mol. The first-order chi connectivity index (χ1) is 7.61. The number of esters is 1. The molecule has 0 aromatic carbocycles. The first-order valence-electron chi connectivity index (χ1n) is 4.84. The van der Waals surface area contributed by atoms with Crippen molar-refractivity contribution in [3.63, 3.8) is 0 Å². The fraction of sp³-hybridized carbons (Fsp3) is 0.778. The van der Waals surface area contributed by atoms with Gasteiger partial charge in [-0.3, -0.25) is 4.79 Å². The zero-order chi connectivity index (χ0) is 12.4. The maximum Gasteiger partial charge on any atom is 0.336 e. The van der Waals surface area contributed by atoms with Crippen LogP contribution in [-0.2, 0) is 19.1 Å². The van der Waals surface area contributed by atoms with Crippen LogP contribution in [0.3, 0.4) is 0 Å². The van der Waals surface area contributed by atoms with Gasteiger partial charge >= 0.3 is 5.97 Å². The Kier molecular flexibility index (Phi) is 8.41. The van der Waals surface area contributed by atoms with Gasteiger partial charge in [-0.2, -0.15) is 0 Å². The Hall–Kier alpha value is -1.18. The lowest BCUT2D eigenvalue weighted by Crippen LogP contribution is -2.41. The summed E-state index contributed by atoms with van der Waals surface area (Å²) in [5, 5.41) is 14.3. The molecule has 1 atom stereocenters. The fourth-order valence-corrected chi connectivity index (χ4v) is 0.869. The van der Waals surface area contributed by atoms with Gasteiger partial charge in [0.15, 0.2) is 6.10 Å². The quantitative estimate of drug-likeness (QED) is 0.328. The van der Waals surface area contributed by atoms with Crippen LogP contribution >= 0.6 is 0 Å². The minimum absolute atomic E-state index is 0.108. The van der Waals surface area contributed by atoms with Crippen LogP contribution < -0.4 is 10.6 Å². The van der Waals surface area contributed by atoms with Crippen LogP contribution in [0.5, 0.6) is 0 Å². The standard InChI is InChI=1S/C9H18N2O5/c1-15-4-3-10-6-8(13)11-5-7(12)9(14)16-2/h7,10,12H,3-6H2,1-2H3,(H,11,13). The largest absolute Gasteiger partial charge is 0.467 e. The number of methoxy groups -OCH3 is 2. The van der Waals surface area contributed by atoms with Gasteiger partial charge in [0.05, 0.1) is 26.8 Å². The molecule has 3 N–H and O–H groups in total. The predicted molar refractivity (Wildman–Crippen MR) is 55.8 cm³/mol. The topological polar surface area (TPSA) is 96.9 Å². The Labute approximate surface area is 94.1 Å². The third-order valence-electron chi connectivity index (χ3n) is 1.73. The van der Waals surface area contributed by atoms with Gasteiger partial charge in [0.25, 0.3) is 0 Å². The number of amides is 1. The third kappa shape index (κ3) is 7.16. The second kappa shape index (κ2) is 9.08. The highest BCUT2D eigenvalue weighted by molar-refractivity contribution is 5.80. The van der Waals surface area contributed by atoms with E-state index in [1.807, 2.05) is 0 Å². The molecule has 7 heteroatoms. The molecule has 0 heterocycles. The number of hydrogen-bond acceptors (Lipinski definition) is 6. The molecule has 0 aliphatic carbocycles. The molecule has 7 nitrogen and oxygen atoms in total. The lowest BCUT2D eigenvalue weighted by molar-refractivity contribution is -0.150. The van der Waals surface area contributed by atoms with Crippen LogP contribution in [0.25, 0.3) is 0 Å². The highest BCUT2D eigenvalue weighted by Gasteiger charge is 2.15. The summed E-state index contributed by atoms with van der Waals surface area (Å²) in [7, 11) is 2.73. The van der Waals surface area contributed by atoms with Crippen LogP contribution in [0, 0.1) is 0 Å². The van der Waals surface area contributed by atoms with Gasteiger partial charge in [-0.15, -0.1) is 0 Å². The van der Waals surface area contributed by atoms with Crippen LogP contribution in [0.2, 0.25) is 0 Å². The molecule has 0 radical (unpaired) electrons. The summed E-state index contributed by atoms with van der Waals surface area (Å²) < 4.78 is 9.06. The number of aliphatic hydroxyl groups excluding tert-OH is 1. The number of hydrogen-bond donors (Lipinski definition) is 3. The summed E-state index contributed by atoms with van der Waals surface area (Å²) in [5.41, 5.74) is 0. The van der Waals surface area contributed by atoms with Crippen molar-refractivity contribution in [2.45, 2.75) is 6.10 Å². The first-order valence-corrected chi connectivity index (χ1v) is 4.84. The van der Waals surface area contributed by atoms with E-state index in [1.165, 1.54) is 7.11 Å². The second-order valence-electron chi connectivity index (χ2n) is 3.01. The molecule has 1 unspecified atom stereocenters. The van der Waals surface area contributed by atoms with E-state index in [2.05, 4.69) is 15.4 Å². The van der Waals surface area contributed by atoms with Crippen LogP contribution in [0.15, 0.2) is 0 Å². The van der Waals surface area contributed by atoms with E-state index < -0.39 is 12.1 Å². The average Bonchev–Trinajstić information content (AvgIpc) is 2.30. The number of ether oxygens (including phenoxy) is 2. The third-order valence-corrected chi connectivity index (χ3v) is 1.73. The zero-order valence-electron chi connectivity index (χ0n) is 9.49. The molecule has 0 aromatic heterocycles. The average molecular weight is 234 g/mol. The number of rotatable bonds is 8. The van der Waals surface area contributed by atoms with E-state index >= 15 is 0 Å². The van der Waals surface area contributed by atoms with Gasteiger partial charge in [-0.25, -0.2) is 4.79 Å². The zero-order valence-corrected chi connectivity index (χ0v) is 9.49. The molecule has 0 rings (SSSR count). The molecule has 16 heavy (non-hydrogen) atoms. The van der Waals surface area contributed by atoms with E-state index in [9.17, 15) is 9.59 Å². The van der Waals surface area contributed by atoms with Crippen molar-refractivity contribution >= 4 is 11.9 Å². The number of nitrogens with one attached hydrogen (secondary N) is 2. The fourth-order valence-electron chi connectivity index (χ4n) is 0.869. The molecule has 0 saturated heterocycles. The van der Waals surface area contributed by atoms with Gasteiger partial charge in [0.1, 0.15) is 0 Å². The maximum absolute atomic E-state index is 11.1. The Morgan fingerprint density at radius 3 is 2.62 bits per heavy atom. The Bertz CT molecular complexity index is 222. The summed E-state index contributed by atoms with van der Waals surface area (Å²) in [6.45, 7) is 1.02. The van der Waals surface area contributed by atoms with E-state index in [1.54, 1.807) is 7.11 Å². The van der Waals surface area contributed by atoms with Gasteiger partial charge in [-0.1, -0.05) is 0 Å². The van der Waals surface area contributed by atoms with Crippen LogP contribution in [0.1, 0.15) is 0 Å². The van der Waals surface area contributed by atoms with Crippen molar-refractivity contribution in [1.82, 2.24) is 10.6 Å². The van der Waals surface area contributed by atoms with E-state index in [4.69, 9.17) is 9.84 Å². The van der Waals surface area contributed by atoms with Crippen LogP contribution in [0.4, 0.5) is 0 Å². The summed E-state index contributed by atoms with van der Waals surface area (Å²) in [5.74, 6) is -1.08. The summed E-state index contributed by atoms with van der Waals surface area (Å²) >= 11 is 0. The van der Waals surface area contributed by atoms with Gasteiger partial charge in [0.2, 0.25) is 5.91 Å². The Balaban J connectivity index is 3.53. The maximum atomic E-state index is 11.1. The second-order valence-corrected chi connectivity index (χ2v) is 3.01. The number of carbonyl (C=O) groups is 2. The van der Waals surface area contributed by atoms with Gasteiger partial charge < -0.3 is 25.2 Å². The predicted octanol–water partition coefficient (Wildman–Crippen LogP) is -2.13.